The van der Waals surface area contributed by atoms with Crippen LogP contribution in [-0.4, -0.2) is 15.9 Å². The first-order chi connectivity index (χ1) is 9.27. The van der Waals surface area contributed by atoms with Crippen molar-refractivity contribution in [2.45, 2.75) is 0 Å². The lowest BCUT2D eigenvalue weighted by Crippen LogP contribution is -2.40. The van der Waals surface area contributed by atoms with Gasteiger partial charge in [0.15, 0.2) is 0 Å². The number of aromatic nitrogens is 2. The second kappa shape index (κ2) is 4.45. The number of urea groups is 1. The molecule has 0 radical (unpaired) electrons. The van der Waals surface area contributed by atoms with E-state index < -0.39 is 6.03 Å². The zero-order valence-electron chi connectivity index (χ0n) is 10.1. The number of hydrogen-bond donors (Lipinski definition) is 1. The number of nitrogens with zero attached hydrogens (tertiary/aromatic N) is 3. The Kier molecular flexibility index (Phi) is 2.64. The molecule has 3 rings (SSSR count). The number of amides is 2. The number of nitrogens with two attached hydrogens (primary N) is 1. The molecule has 0 fully saturated rings. The molecule has 2 aromatic carbocycles. The van der Waals surface area contributed by atoms with Crippen LogP contribution in [0.5, 0.6) is 0 Å². The number of fused-ring (bicyclic) bond motifs is 1. The molecule has 19 heavy (non-hydrogen) atoms. The number of primary amides is 1. The number of carbonyl (C=O) groups excluding carboxylic acids is 1. The highest BCUT2D eigenvalue weighted by Gasteiger charge is 2.17. The third-order valence-electron chi connectivity index (χ3n) is 2.86. The Balaban J connectivity index is 2.18. The summed E-state index contributed by atoms with van der Waals surface area (Å²) in [6.45, 7) is 0. The summed E-state index contributed by atoms with van der Waals surface area (Å²) < 4.78 is 0. The predicted octanol–water partition coefficient (Wildman–Crippen LogP) is 2.38. The van der Waals surface area contributed by atoms with Gasteiger partial charge in [0.25, 0.3) is 0 Å². The molecule has 0 saturated carbocycles. The Labute approximate surface area is 109 Å². The van der Waals surface area contributed by atoms with Crippen LogP contribution in [0, 0.1) is 0 Å². The second-order valence-electron chi connectivity index (χ2n) is 4.08. The zero-order valence-corrected chi connectivity index (χ0v) is 10.1. The standard InChI is InChI=1S/C14H12N4O/c15-14(19)17(12-7-2-1-3-8-12)18-13-9-5-4-6-11(13)10-16-18/h1-10H,(H2,15,19). The molecule has 5 heteroatoms. The Bertz CT molecular complexity index is 720. The van der Waals surface area contributed by atoms with Crippen LogP contribution in [-0.2, 0) is 0 Å². The molecule has 2 N–H and O–H groups in total. The Morgan fingerprint density at radius 1 is 1.05 bits per heavy atom. The van der Waals surface area contributed by atoms with Gasteiger partial charge in [0, 0.05) is 5.39 Å². The number of rotatable bonds is 2. The normalized spacial score (nSPS) is 10.5. The van der Waals surface area contributed by atoms with Gasteiger partial charge in [-0.3, -0.25) is 0 Å². The molecule has 2 amide bonds. The highest BCUT2D eigenvalue weighted by atomic mass is 16.2. The van der Waals surface area contributed by atoms with Gasteiger partial charge in [-0.1, -0.05) is 36.4 Å². The topological polar surface area (TPSA) is 64.2 Å². The summed E-state index contributed by atoms with van der Waals surface area (Å²) in [5, 5.41) is 6.52. The van der Waals surface area contributed by atoms with Gasteiger partial charge in [-0.15, -0.1) is 0 Å². The molecule has 1 aromatic heterocycles. The summed E-state index contributed by atoms with van der Waals surface area (Å²) in [5.74, 6) is 0. The molecule has 0 spiro atoms. The van der Waals surface area contributed by atoms with Crippen LogP contribution in [0.15, 0.2) is 60.8 Å². The van der Waals surface area contributed by atoms with Crippen molar-refractivity contribution >= 4 is 22.6 Å². The minimum absolute atomic E-state index is 0.583. The van der Waals surface area contributed by atoms with Crippen LogP contribution in [0.3, 0.4) is 0 Å². The molecule has 0 saturated heterocycles. The van der Waals surface area contributed by atoms with Gasteiger partial charge >= 0.3 is 6.03 Å². The maximum absolute atomic E-state index is 11.7. The molecule has 0 aliphatic rings. The first-order valence-corrected chi connectivity index (χ1v) is 5.85. The summed E-state index contributed by atoms with van der Waals surface area (Å²) in [7, 11) is 0. The smallest absolute Gasteiger partial charge is 0.340 e. The Hall–Kier alpha value is -2.82. The van der Waals surface area contributed by atoms with Crippen LogP contribution in [0.1, 0.15) is 0 Å². The van der Waals surface area contributed by atoms with Gasteiger partial charge in [-0.05, 0) is 18.2 Å². The van der Waals surface area contributed by atoms with Crippen molar-refractivity contribution in [2.75, 3.05) is 5.01 Å². The lowest BCUT2D eigenvalue weighted by Gasteiger charge is -2.20. The van der Waals surface area contributed by atoms with E-state index in [-0.39, 0.29) is 0 Å². The first kappa shape index (κ1) is 11.3. The highest BCUT2D eigenvalue weighted by Crippen LogP contribution is 2.19. The molecule has 0 unspecified atom stereocenters. The fourth-order valence-corrected chi connectivity index (χ4v) is 2.02. The van der Waals surface area contributed by atoms with Crippen LogP contribution >= 0.6 is 0 Å². The SMILES string of the molecule is NC(=O)N(c1ccccc1)n1ncc2ccccc21. The Morgan fingerprint density at radius 2 is 1.74 bits per heavy atom. The predicted molar refractivity (Wildman–Crippen MR) is 73.6 cm³/mol. The van der Waals surface area contributed by atoms with Gasteiger partial charge in [0.05, 0.1) is 17.4 Å². The van der Waals surface area contributed by atoms with Gasteiger partial charge in [0.2, 0.25) is 0 Å². The van der Waals surface area contributed by atoms with Crippen LogP contribution in [0.25, 0.3) is 10.9 Å². The van der Waals surface area contributed by atoms with E-state index in [1.807, 2.05) is 42.5 Å². The van der Waals surface area contributed by atoms with Gasteiger partial charge in [0.1, 0.15) is 0 Å². The fourth-order valence-electron chi connectivity index (χ4n) is 2.02. The summed E-state index contributed by atoms with van der Waals surface area (Å²) in [6.07, 6.45) is 1.70. The van der Waals surface area contributed by atoms with E-state index in [1.54, 1.807) is 18.3 Å². The average Bonchev–Trinajstić information content (AvgIpc) is 2.84. The van der Waals surface area contributed by atoms with Gasteiger partial charge < -0.3 is 5.73 Å². The second-order valence-corrected chi connectivity index (χ2v) is 4.08. The number of anilines is 1. The first-order valence-electron chi connectivity index (χ1n) is 5.85. The van der Waals surface area contributed by atoms with Crippen molar-refractivity contribution in [3.63, 3.8) is 0 Å². The van der Waals surface area contributed by atoms with Crippen LogP contribution in [0.4, 0.5) is 10.5 Å². The van der Waals surface area contributed by atoms with Gasteiger partial charge in [-0.25, -0.2) is 4.79 Å². The maximum atomic E-state index is 11.7. The fraction of sp³-hybridized carbons (Fsp3) is 0. The average molecular weight is 252 g/mol. The van der Waals surface area contributed by atoms with Crippen molar-refractivity contribution in [2.24, 2.45) is 5.73 Å². The van der Waals surface area contributed by atoms with Crippen LogP contribution < -0.4 is 10.7 Å². The van der Waals surface area contributed by atoms with E-state index in [0.717, 1.165) is 10.9 Å². The van der Waals surface area contributed by atoms with Crippen molar-refractivity contribution in [3.05, 3.63) is 60.8 Å². The number of benzene rings is 2. The minimum atomic E-state index is -0.583. The van der Waals surface area contributed by atoms with Crippen molar-refractivity contribution in [1.82, 2.24) is 9.89 Å². The van der Waals surface area contributed by atoms with Crippen molar-refractivity contribution in [3.8, 4) is 0 Å². The third kappa shape index (κ3) is 1.91. The zero-order chi connectivity index (χ0) is 13.2. The molecule has 0 atom stereocenters. The molecular weight excluding hydrogens is 240 g/mol. The molecule has 1 heterocycles. The van der Waals surface area contributed by atoms with E-state index in [9.17, 15) is 4.79 Å². The van der Waals surface area contributed by atoms with E-state index >= 15 is 0 Å². The lowest BCUT2D eigenvalue weighted by molar-refractivity contribution is 0.251. The molecule has 0 aliphatic heterocycles. The lowest BCUT2D eigenvalue weighted by atomic mass is 10.3. The summed E-state index contributed by atoms with van der Waals surface area (Å²) in [4.78, 5) is 13.2. The van der Waals surface area contributed by atoms with Gasteiger partial charge in [-0.2, -0.15) is 14.9 Å². The third-order valence-corrected chi connectivity index (χ3v) is 2.86. The van der Waals surface area contributed by atoms with Crippen molar-refractivity contribution < 1.29 is 4.79 Å². The van der Waals surface area contributed by atoms with E-state index in [4.69, 9.17) is 5.73 Å². The molecule has 3 aromatic rings. The summed E-state index contributed by atoms with van der Waals surface area (Å²) in [6, 6.07) is 16.2. The molecule has 5 nitrogen and oxygen atoms in total. The maximum Gasteiger partial charge on any atom is 0.340 e. The van der Waals surface area contributed by atoms with E-state index in [1.165, 1.54) is 9.80 Å². The minimum Gasteiger partial charge on any atom is -0.350 e. The number of hydrogen-bond acceptors (Lipinski definition) is 2. The van der Waals surface area contributed by atoms with E-state index in [0.29, 0.717) is 5.69 Å². The largest absolute Gasteiger partial charge is 0.350 e. The van der Waals surface area contributed by atoms with E-state index in [2.05, 4.69) is 5.10 Å². The van der Waals surface area contributed by atoms with Crippen LogP contribution in [0.2, 0.25) is 0 Å². The quantitative estimate of drug-likeness (QED) is 0.761. The summed E-state index contributed by atoms with van der Waals surface area (Å²) >= 11 is 0. The number of para-hydroxylation sites is 2. The Morgan fingerprint density at radius 3 is 2.47 bits per heavy atom. The highest BCUT2D eigenvalue weighted by molar-refractivity contribution is 5.92. The molecule has 94 valence electrons. The molecular formula is C14H12N4O. The summed E-state index contributed by atoms with van der Waals surface area (Å²) in [5.41, 5.74) is 6.97. The van der Waals surface area contributed by atoms with Crippen molar-refractivity contribution in [1.29, 1.82) is 0 Å². The monoisotopic (exact) mass is 252 g/mol. The molecule has 0 aliphatic carbocycles. The number of carbonyl (C=O) groups is 1. The molecule has 0 bridgehead atoms.